The maximum Gasteiger partial charge on any atom is 0.0502 e. The minimum Gasteiger partial charge on any atom is -0.384 e. The second-order valence-corrected chi connectivity index (χ2v) is 4.97. The third-order valence-electron chi connectivity index (χ3n) is 3.05. The van der Waals surface area contributed by atoms with E-state index in [1.807, 2.05) is 0 Å². The summed E-state index contributed by atoms with van der Waals surface area (Å²) in [7, 11) is 1.77. The monoisotopic (exact) mass is 220 g/mol. The Labute approximate surface area is 99.8 Å². The zero-order valence-corrected chi connectivity index (χ0v) is 11.2. The van der Waals surface area contributed by atoms with Gasteiger partial charge in [-0.15, -0.1) is 0 Å². The predicted molar refractivity (Wildman–Crippen MR) is 70.2 cm³/mol. The summed E-state index contributed by atoms with van der Waals surface area (Å²) in [6, 6.07) is 6.68. The second kappa shape index (κ2) is 6.05. The second-order valence-electron chi connectivity index (χ2n) is 4.97. The Morgan fingerprint density at radius 3 is 1.88 bits per heavy atom. The van der Waals surface area contributed by atoms with Gasteiger partial charge in [0.1, 0.15) is 0 Å². The van der Waals surface area contributed by atoms with Crippen LogP contribution in [-0.4, -0.2) is 13.7 Å². The van der Waals surface area contributed by atoms with Gasteiger partial charge < -0.3 is 4.74 Å². The fraction of sp³-hybridized carbons (Fsp3) is 0.600. The molecule has 0 heterocycles. The highest BCUT2D eigenvalue weighted by Gasteiger charge is 2.12. The van der Waals surface area contributed by atoms with Crippen LogP contribution in [0, 0.1) is 0 Å². The molecule has 1 rings (SSSR count). The van der Waals surface area contributed by atoms with Crippen molar-refractivity contribution >= 4 is 0 Å². The number of hydrogen-bond donors (Lipinski definition) is 0. The third kappa shape index (κ3) is 3.08. The smallest absolute Gasteiger partial charge is 0.0502 e. The van der Waals surface area contributed by atoms with E-state index in [2.05, 4.69) is 45.9 Å². The summed E-state index contributed by atoms with van der Waals surface area (Å²) in [6.07, 6.45) is 1.03. The summed E-state index contributed by atoms with van der Waals surface area (Å²) in [5.74, 6) is 1.18. The van der Waals surface area contributed by atoms with Gasteiger partial charge in [0.15, 0.2) is 0 Å². The molecule has 0 saturated heterocycles. The molecular weight excluding hydrogens is 196 g/mol. The lowest BCUT2D eigenvalue weighted by Gasteiger charge is -2.19. The van der Waals surface area contributed by atoms with Crippen LogP contribution in [0.15, 0.2) is 18.2 Å². The molecule has 1 nitrogen and oxygen atoms in total. The van der Waals surface area contributed by atoms with Gasteiger partial charge in [0.05, 0.1) is 6.61 Å². The van der Waals surface area contributed by atoms with Crippen molar-refractivity contribution < 1.29 is 4.74 Å². The van der Waals surface area contributed by atoms with Gasteiger partial charge in [-0.3, -0.25) is 0 Å². The maximum absolute atomic E-state index is 5.22. The van der Waals surface area contributed by atoms with Crippen molar-refractivity contribution in [2.24, 2.45) is 0 Å². The lowest BCUT2D eigenvalue weighted by molar-refractivity contribution is 0.202. The van der Waals surface area contributed by atoms with E-state index in [-0.39, 0.29) is 0 Å². The molecule has 1 heteroatoms. The average Bonchev–Trinajstić information content (AvgIpc) is 2.25. The van der Waals surface area contributed by atoms with Gasteiger partial charge in [0.2, 0.25) is 0 Å². The van der Waals surface area contributed by atoms with E-state index >= 15 is 0 Å². The van der Waals surface area contributed by atoms with E-state index in [0.717, 1.165) is 13.0 Å². The minimum atomic E-state index is 0.588. The van der Waals surface area contributed by atoms with Crippen LogP contribution in [0.5, 0.6) is 0 Å². The van der Waals surface area contributed by atoms with Gasteiger partial charge in [-0.05, 0) is 34.9 Å². The van der Waals surface area contributed by atoms with Crippen molar-refractivity contribution in [1.82, 2.24) is 0 Å². The van der Waals surface area contributed by atoms with E-state index in [9.17, 15) is 0 Å². The molecular formula is C15H24O. The number of rotatable bonds is 5. The van der Waals surface area contributed by atoms with Crippen LogP contribution < -0.4 is 0 Å². The largest absolute Gasteiger partial charge is 0.384 e. The highest BCUT2D eigenvalue weighted by atomic mass is 16.5. The first-order chi connectivity index (χ1) is 7.57. The Hall–Kier alpha value is -0.820. The first kappa shape index (κ1) is 13.2. The van der Waals surface area contributed by atoms with Crippen molar-refractivity contribution in [3.8, 4) is 0 Å². The molecule has 90 valence electrons. The standard InChI is InChI=1S/C15H24O/c1-11(2)13-7-6-8-14(12(3)4)15(13)9-10-16-5/h6-8,11-12H,9-10H2,1-5H3. The average molecular weight is 220 g/mol. The van der Waals surface area contributed by atoms with Crippen molar-refractivity contribution in [2.75, 3.05) is 13.7 Å². The first-order valence-electron chi connectivity index (χ1n) is 6.18. The molecule has 0 spiro atoms. The van der Waals surface area contributed by atoms with Crippen LogP contribution in [0.2, 0.25) is 0 Å². The summed E-state index contributed by atoms with van der Waals surface area (Å²) in [5, 5.41) is 0. The lowest BCUT2D eigenvalue weighted by Crippen LogP contribution is -2.06. The molecule has 0 atom stereocenters. The molecule has 0 aliphatic carbocycles. The Kier molecular flexibility index (Phi) is 5.01. The molecule has 0 unspecified atom stereocenters. The summed E-state index contributed by atoms with van der Waals surface area (Å²) < 4.78 is 5.22. The highest BCUT2D eigenvalue weighted by molar-refractivity contribution is 5.39. The van der Waals surface area contributed by atoms with E-state index in [1.165, 1.54) is 16.7 Å². The normalized spacial score (nSPS) is 11.4. The van der Waals surface area contributed by atoms with E-state index < -0.39 is 0 Å². The Morgan fingerprint density at radius 2 is 1.50 bits per heavy atom. The zero-order chi connectivity index (χ0) is 12.1. The molecule has 0 fully saturated rings. The lowest BCUT2D eigenvalue weighted by atomic mass is 9.87. The van der Waals surface area contributed by atoms with Crippen LogP contribution in [0.3, 0.4) is 0 Å². The molecule has 0 radical (unpaired) electrons. The van der Waals surface area contributed by atoms with Crippen LogP contribution in [0.4, 0.5) is 0 Å². The minimum absolute atomic E-state index is 0.588. The molecule has 0 saturated carbocycles. The van der Waals surface area contributed by atoms with Gasteiger partial charge in [-0.25, -0.2) is 0 Å². The highest BCUT2D eigenvalue weighted by Crippen LogP contribution is 2.27. The summed E-state index contributed by atoms with van der Waals surface area (Å²) >= 11 is 0. The molecule has 0 amide bonds. The molecule has 0 N–H and O–H groups in total. The molecule has 0 aromatic heterocycles. The van der Waals surface area contributed by atoms with Crippen LogP contribution in [0.25, 0.3) is 0 Å². The van der Waals surface area contributed by atoms with Crippen molar-refractivity contribution in [3.05, 3.63) is 34.9 Å². The van der Waals surface area contributed by atoms with Gasteiger partial charge in [-0.2, -0.15) is 0 Å². The van der Waals surface area contributed by atoms with Crippen molar-refractivity contribution in [3.63, 3.8) is 0 Å². The first-order valence-corrected chi connectivity index (χ1v) is 6.18. The topological polar surface area (TPSA) is 9.23 Å². The van der Waals surface area contributed by atoms with Gasteiger partial charge in [0, 0.05) is 7.11 Å². The fourth-order valence-electron chi connectivity index (χ4n) is 2.20. The Balaban J connectivity index is 3.12. The third-order valence-corrected chi connectivity index (χ3v) is 3.05. The Morgan fingerprint density at radius 1 is 1.00 bits per heavy atom. The van der Waals surface area contributed by atoms with Gasteiger partial charge in [0.25, 0.3) is 0 Å². The molecule has 0 aliphatic rings. The van der Waals surface area contributed by atoms with Gasteiger partial charge >= 0.3 is 0 Å². The maximum atomic E-state index is 5.22. The number of ether oxygens (including phenoxy) is 1. The fourth-order valence-corrected chi connectivity index (χ4v) is 2.20. The molecule has 0 bridgehead atoms. The van der Waals surface area contributed by atoms with E-state index in [1.54, 1.807) is 7.11 Å². The number of benzene rings is 1. The van der Waals surface area contributed by atoms with Crippen LogP contribution in [-0.2, 0) is 11.2 Å². The molecule has 0 aliphatic heterocycles. The van der Waals surface area contributed by atoms with Crippen LogP contribution in [0.1, 0.15) is 56.2 Å². The summed E-state index contributed by atoms with van der Waals surface area (Å²) in [4.78, 5) is 0. The summed E-state index contributed by atoms with van der Waals surface area (Å²) in [5.41, 5.74) is 4.45. The molecule has 1 aromatic rings. The van der Waals surface area contributed by atoms with E-state index in [0.29, 0.717) is 11.8 Å². The van der Waals surface area contributed by atoms with Crippen molar-refractivity contribution in [1.29, 1.82) is 0 Å². The number of methoxy groups -OCH3 is 1. The van der Waals surface area contributed by atoms with Gasteiger partial charge in [-0.1, -0.05) is 45.9 Å². The molecule has 16 heavy (non-hydrogen) atoms. The van der Waals surface area contributed by atoms with E-state index in [4.69, 9.17) is 4.74 Å². The summed E-state index contributed by atoms with van der Waals surface area (Å²) in [6.45, 7) is 9.85. The Bertz CT molecular complexity index is 300. The van der Waals surface area contributed by atoms with Crippen LogP contribution >= 0.6 is 0 Å². The molecule has 1 aromatic carbocycles. The quantitative estimate of drug-likeness (QED) is 0.725. The SMILES string of the molecule is COCCc1c(C(C)C)cccc1C(C)C. The predicted octanol–water partition coefficient (Wildman–Crippen LogP) is 4.12. The number of hydrogen-bond acceptors (Lipinski definition) is 1. The zero-order valence-electron chi connectivity index (χ0n) is 11.2. The van der Waals surface area contributed by atoms with Crippen molar-refractivity contribution in [2.45, 2.75) is 46.0 Å².